The maximum absolute atomic E-state index is 11.6. The van der Waals surface area contributed by atoms with Gasteiger partial charge >= 0.3 is 0 Å². The number of aliphatic imine (C=N–C) groups is 1. The first-order chi connectivity index (χ1) is 11.6. The number of amides is 1. The first-order valence-corrected chi connectivity index (χ1v) is 8.37. The van der Waals surface area contributed by atoms with Crippen LogP contribution in [0.3, 0.4) is 0 Å². The van der Waals surface area contributed by atoms with E-state index in [1.807, 2.05) is 60.0 Å². The van der Waals surface area contributed by atoms with Crippen LogP contribution in [0.2, 0.25) is 0 Å². The smallest absolute Gasteiger partial charge is 0.248 e. The van der Waals surface area contributed by atoms with E-state index >= 15 is 0 Å². The van der Waals surface area contributed by atoms with Gasteiger partial charge in [0.1, 0.15) is 5.84 Å². The standard InChI is InChI=1S/C19H17N3OS/c20-18(17-10-5-11-24-17)22-16-9-4-2-7-14(16)12-13-6-1-3-8-15(13)19(21)23/h1-11H,12H2,(H2,20,22)(H2,21,23). The summed E-state index contributed by atoms with van der Waals surface area (Å²) in [5.41, 5.74) is 14.8. The lowest BCUT2D eigenvalue weighted by Gasteiger charge is -2.09. The van der Waals surface area contributed by atoms with Crippen molar-refractivity contribution in [1.82, 2.24) is 0 Å². The number of carbonyl (C=O) groups is 1. The van der Waals surface area contributed by atoms with Gasteiger partial charge in [-0.3, -0.25) is 4.79 Å². The molecule has 2 aromatic carbocycles. The minimum atomic E-state index is -0.426. The molecular formula is C19H17N3OS. The van der Waals surface area contributed by atoms with Gasteiger partial charge < -0.3 is 11.5 Å². The van der Waals surface area contributed by atoms with E-state index in [1.54, 1.807) is 17.4 Å². The zero-order valence-corrected chi connectivity index (χ0v) is 13.8. The van der Waals surface area contributed by atoms with Crippen molar-refractivity contribution in [3.63, 3.8) is 0 Å². The molecule has 0 aliphatic heterocycles. The van der Waals surface area contributed by atoms with Crippen LogP contribution in [0.25, 0.3) is 0 Å². The molecular weight excluding hydrogens is 318 g/mol. The molecule has 3 rings (SSSR count). The summed E-state index contributed by atoms with van der Waals surface area (Å²) < 4.78 is 0. The van der Waals surface area contributed by atoms with Crippen LogP contribution >= 0.6 is 11.3 Å². The van der Waals surface area contributed by atoms with Gasteiger partial charge in [0, 0.05) is 12.0 Å². The average Bonchev–Trinajstić information content (AvgIpc) is 3.11. The Hall–Kier alpha value is -2.92. The van der Waals surface area contributed by atoms with Crippen molar-refractivity contribution in [2.75, 3.05) is 0 Å². The van der Waals surface area contributed by atoms with Crippen molar-refractivity contribution in [3.05, 3.63) is 87.6 Å². The third kappa shape index (κ3) is 3.52. The fourth-order valence-corrected chi connectivity index (χ4v) is 3.13. The molecule has 0 saturated heterocycles. The van der Waals surface area contributed by atoms with E-state index in [9.17, 15) is 4.79 Å². The molecule has 0 aliphatic rings. The summed E-state index contributed by atoms with van der Waals surface area (Å²) in [5, 5.41) is 1.97. The third-order valence-corrected chi connectivity index (χ3v) is 4.56. The second-order valence-electron chi connectivity index (χ2n) is 5.30. The van der Waals surface area contributed by atoms with Gasteiger partial charge in [0.15, 0.2) is 0 Å². The van der Waals surface area contributed by atoms with Crippen molar-refractivity contribution in [2.24, 2.45) is 16.5 Å². The molecule has 120 valence electrons. The predicted molar refractivity (Wildman–Crippen MR) is 98.9 cm³/mol. The van der Waals surface area contributed by atoms with Crippen LogP contribution in [0, 0.1) is 0 Å². The zero-order chi connectivity index (χ0) is 16.9. The summed E-state index contributed by atoms with van der Waals surface area (Å²) in [6.07, 6.45) is 0.566. The fraction of sp³-hybridized carbons (Fsp3) is 0.0526. The zero-order valence-electron chi connectivity index (χ0n) is 13.0. The molecule has 4 N–H and O–H groups in total. The quantitative estimate of drug-likeness (QED) is 0.553. The van der Waals surface area contributed by atoms with Crippen molar-refractivity contribution < 1.29 is 4.79 Å². The number of thiophene rings is 1. The van der Waals surface area contributed by atoms with Gasteiger partial charge in [0.05, 0.1) is 10.6 Å². The van der Waals surface area contributed by atoms with E-state index in [1.165, 1.54) is 0 Å². The maximum Gasteiger partial charge on any atom is 0.248 e. The van der Waals surface area contributed by atoms with Crippen molar-refractivity contribution in [2.45, 2.75) is 6.42 Å². The molecule has 0 fully saturated rings. The van der Waals surface area contributed by atoms with Gasteiger partial charge in [-0.2, -0.15) is 0 Å². The number of nitrogens with two attached hydrogens (primary N) is 2. The first kappa shape index (κ1) is 16.0. The molecule has 0 bridgehead atoms. The SMILES string of the molecule is NC(=O)c1ccccc1Cc1ccccc1N=C(N)c1cccs1. The number of para-hydroxylation sites is 1. The Bertz CT molecular complexity index is 885. The normalized spacial score (nSPS) is 11.4. The maximum atomic E-state index is 11.6. The van der Waals surface area contributed by atoms with Crippen LogP contribution in [0.15, 0.2) is 71.0 Å². The van der Waals surface area contributed by atoms with Gasteiger partial charge in [-0.1, -0.05) is 42.5 Å². The summed E-state index contributed by atoms with van der Waals surface area (Å²) in [6.45, 7) is 0. The van der Waals surface area contributed by atoms with E-state index in [4.69, 9.17) is 11.5 Å². The van der Waals surface area contributed by atoms with E-state index in [2.05, 4.69) is 4.99 Å². The number of hydrogen-bond acceptors (Lipinski definition) is 3. The minimum Gasteiger partial charge on any atom is -0.383 e. The number of amidine groups is 1. The van der Waals surface area contributed by atoms with E-state index < -0.39 is 5.91 Å². The number of hydrogen-bond donors (Lipinski definition) is 2. The van der Waals surface area contributed by atoms with E-state index in [-0.39, 0.29) is 0 Å². The van der Waals surface area contributed by atoms with Gasteiger partial charge in [-0.25, -0.2) is 4.99 Å². The topological polar surface area (TPSA) is 81.5 Å². The Morgan fingerprint density at radius 2 is 1.62 bits per heavy atom. The summed E-state index contributed by atoms with van der Waals surface area (Å²) in [5.74, 6) is 0.0605. The molecule has 1 aromatic heterocycles. The monoisotopic (exact) mass is 335 g/mol. The minimum absolute atomic E-state index is 0.426. The van der Waals surface area contributed by atoms with Crippen molar-refractivity contribution in [1.29, 1.82) is 0 Å². The highest BCUT2D eigenvalue weighted by molar-refractivity contribution is 7.12. The predicted octanol–water partition coefficient (Wildman–Crippen LogP) is 3.47. The second kappa shape index (κ2) is 7.10. The largest absolute Gasteiger partial charge is 0.383 e. The lowest BCUT2D eigenvalue weighted by molar-refractivity contribution is 0.0999. The Morgan fingerprint density at radius 3 is 2.33 bits per heavy atom. The van der Waals surface area contributed by atoms with Crippen LogP contribution in [0.4, 0.5) is 5.69 Å². The lowest BCUT2D eigenvalue weighted by atomic mass is 9.98. The van der Waals surface area contributed by atoms with Gasteiger partial charge in [-0.05, 0) is 34.7 Å². The number of benzene rings is 2. The van der Waals surface area contributed by atoms with Gasteiger partial charge in [-0.15, -0.1) is 11.3 Å². The number of rotatable bonds is 5. The second-order valence-corrected chi connectivity index (χ2v) is 6.25. The highest BCUT2D eigenvalue weighted by atomic mass is 32.1. The van der Waals surface area contributed by atoms with Crippen molar-refractivity contribution in [3.8, 4) is 0 Å². The van der Waals surface area contributed by atoms with Crippen LogP contribution in [0.5, 0.6) is 0 Å². The molecule has 4 nitrogen and oxygen atoms in total. The van der Waals surface area contributed by atoms with Gasteiger partial charge in [0.2, 0.25) is 5.91 Å². The summed E-state index contributed by atoms with van der Waals surface area (Å²) in [7, 11) is 0. The molecule has 0 radical (unpaired) electrons. The van der Waals surface area contributed by atoms with Crippen LogP contribution < -0.4 is 11.5 Å². The molecule has 0 atom stereocenters. The number of primary amides is 1. The van der Waals surface area contributed by atoms with E-state index in [0.29, 0.717) is 17.8 Å². The molecule has 1 amide bonds. The molecule has 5 heteroatoms. The molecule has 0 spiro atoms. The number of carbonyl (C=O) groups excluding carboxylic acids is 1. The van der Waals surface area contributed by atoms with Crippen LogP contribution in [-0.4, -0.2) is 11.7 Å². The average molecular weight is 335 g/mol. The van der Waals surface area contributed by atoms with Crippen LogP contribution in [-0.2, 0) is 6.42 Å². The third-order valence-electron chi connectivity index (χ3n) is 3.67. The Kier molecular flexibility index (Phi) is 4.72. The molecule has 0 saturated carbocycles. The Labute approximate surface area is 144 Å². The van der Waals surface area contributed by atoms with Crippen LogP contribution in [0.1, 0.15) is 26.4 Å². The lowest BCUT2D eigenvalue weighted by Crippen LogP contribution is -2.14. The van der Waals surface area contributed by atoms with Gasteiger partial charge in [0.25, 0.3) is 0 Å². The Balaban J connectivity index is 1.96. The molecule has 24 heavy (non-hydrogen) atoms. The summed E-state index contributed by atoms with van der Waals surface area (Å²) >= 11 is 1.55. The summed E-state index contributed by atoms with van der Waals surface area (Å²) in [4.78, 5) is 17.1. The highest BCUT2D eigenvalue weighted by Crippen LogP contribution is 2.24. The Morgan fingerprint density at radius 1 is 0.917 bits per heavy atom. The number of nitrogens with zero attached hydrogens (tertiary/aromatic N) is 1. The molecule has 0 unspecified atom stereocenters. The first-order valence-electron chi connectivity index (χ1n) is 7.49. The van der Waals surface area contributed by atoms with E-state index in [0.717, 1.165) is 21.7 Å². The highest BCUT2D eigenvalue weighted by Gasteiger charge is 2.10. The van der Waals surface area contributed by atoms with Crippen molar-refractivity contribution >= 4 is 28.8 Å². The molecule has 3 aromatic rings. The summed E-state index contributed by atoms with van der Waals surface area (Å²) in [6, 6.07) is 19.0. The fourth-order valence-electron chi connectivity index (χ4n) is 2.50. The molecule has 0 aliphatic carbocycles. The molecule has 1 heterocycles.